The van der Waals surface area contributed by atoms with Gasteiger partial charge in [0.25, 0.3) is 0 Å². The molecule has 0 aliphatic heterocycles. The van der Waals surface area contributed by atoms with Gasteiger partial charge in [0.2, 0.25) is 0 Å². The number of allylic oxidation sites excluding steroid dienone is 1. The molecular formula is C14H18O4. The Balaban J connectivity index is 4.14. The van der Waals surface area contributed by atoms with Gasteiger partial charge in [-0.05, 0) is 44.4 Å². The highest BCUT2D eigenvalue weighted by Crippen LogP contribution is 2.01. The molecule has 0 aromatic heterocycles. The molecule has 4 nitrogen and oxygen atoms in total. The summed E-state index contributed by atoms with van der Waals surface area (Å²) >= 11 is 0. The summed E-state index contributed by atoms with van der Waals surface area (Å²) in [7, 11) is 0. The lowest BCUT2D eigenvalue weighted by Crippen LogP contribution is -1.96. The van der Waals surface area contributed by atoms with Gasteiger partial charge in [-0.25, -0.2) is 0 Å². The van der Waals surface area contributed by atoms with Crippen molar-refractivity contribution in [3.63, 3.8) is 0 Å². The van der Waals surface area contributed by atoms with Gasteiger partial charge in [0, 0.05) is 6.42 Å². The molecule has 1 N–H and O–H groups in total. The molecule has 0 aliphatic carbocycles. The number of aliphatic carboxylic acids is 1. The average molecular weight is 250 g/mol. The average Bonchev–Trinajstić information content (AvgIpc) is 2.25. The maximum atomic E-state index is 11.2. The Kier molecular flexibility index (Phi) is 8.04. The third-order valence-electron chi connectivity index (χ3n) is 1.87. The molecule has 0 aliphatic rings. The van der Waals surface area contributed by atoms with E-state index in [2.05, 4.69) is 11.5 Å². The summed E-state index contributed by atoms with van der Waals surface area (Å²) in [6.07, 6.45) is 3.35. The number of carboxylic acid groups (broad SMARTS) is 1. The molecule has 0 aromatic rings. The minimum Gasteiger partial charge on any atom is -0.481 e. The van der Waals surface area contributed by atoms with E-state index in [1.807, 2.05) is 13.8 Å². The van der Waals surface area contributed by atoms with Crippen molar-refractivity contribution in [1.29, 1.82) is 0 Å². The fraction of sp³-hybridized carbons (Fsp3) is 0.429. The predicted molar refractivity (Wildman–Crippen MR) is 67.8 cm³/mol. The van der Waals surface area contributed by atoms with Crippen molar-refractivity contribution in [2.45, 2.75) is 40.0 Å². The van der Waals surface area contributed by atoms with E-state index in [1.54, 1.807) is 13.0 Å². The molecule has 0 saturated heterocycles. The van der Waals surface area contributed by atoms with Crippen molar-refractivity contribution in [1.82, 2.24) is 0 Å². The quantitative estimate of drug-likeness (QED) is 0.447. The molecule has 0 amide bonds. The topological polar surface area (TPSA) is 63.6 Å². The summed E-state index contributed by atoms with van der Waals surface area (Å²) in [5.41, 5.74) is 7.32. The van der Waals surface area contributed by atoms with Crippen LogP contribution in [0, 0.1) is 0 Å². The molecule has 0 heterocycles. The minimum absolute atomic E-state index is 0.0456. The van der Waals surface area contributed by atoms with Crippen LogP contribution < -0.4 is 0 Å². The molecule has 0 radical (unpaired) electrons. The number of carboxylic acids is 1. The van der Waals surface area contributed by atoms with Crippen molar-refractivity contribution in [2.75, 3.05) is 0 Å². The van der Waals surface area contributed by atoms with Gasteiger partial charge >= 0.3 is 11.9 Å². The third-order valence-corrected chi connectivity index (χ3v) is 1.87. The fourth-order valence-corrected chi connectivity index (χ4v) is 0.949. The first-order chi connectivity index (χ1) is 8.41. The predicted octanol–water partition coefficient (Wildman–Crippen LogP) is 2.96. The fourth-order valence-electron chi connectivity index (χ4n) is 0.949. The highest BCUT2D eigenvalue weighted by Gasteiger charge is 1.97. The van der Waals surface area contributed by atoms with Crippen molar-refractivity contribution < 1.29 is 19.4 Å². The number of carbonyl (C=O) groups is 2. The summed E-state index contributed by atoms with van der Waals surface area (Å²) in [4.78, 5) is 21.5. The number of carbonyl (C=O) groups excluding carboxylic acids is 1. The van der Waals surface area contributed by atoms with Gasteiger partial charge in [-0.15, -0.1) is 5.73 Å². The summed E-state index contributed by atoms with van der Waals surface area (Å²) < 4.78 is 4.78. The van der Waals surface area contributed by atoms with Gasteiger partial charge in [0.05, 0.1) is 6.42 Å². The summed E-state index contributed by atoms with van der Waals surface area (Å²) in [6, 6.07) is 0. The molecule has 0 fully saturated rings. The number of ether oxygens (including phenoxy) is 1. The highest BCUT2D eigenvalue weighted by atomic mass is 16.5. The molecule has 0 aromatic carbocycles. The molecule has 0 spiro atoms. The maximum absolute atomic E-state index is 11.2. The molecule has 0 unspecified atom stereocenters. The Hall–Kier alpha value is -2.02. The SMILES string of the molecule is CC(C)=C=CCC(=O)OC=C=C(C)CCC(=O)O. The van der Waals surface area contributed by atoms with E-state index >= 15 is 0 Å². The van der Waals surface area contributed by atoms with Crippen LogP contribution >= 0.6 is 0 Å². The van der Waals surface area contributed by atoms with Gasteiger partial charge in [-0.3, -0.25) is 9.59 Å². The van der Waals surface area contributed by atoms with E-state index < -0.39 is 11.9 Å². The molecule has 0 atom stereocenters. The van der Waals surface area contributed by atoms with Gasteiger partial charge in [-0.1, -0.05) is 5.73 Å². The normalized spacial score (nSPS) is 8.61. The number of hydrogen-bond acceptors (Lipinski definition) is 3. The summed E-state index contributed by atoms with van der Waals surface area (Å²) in [6.45, 7) is 5.50. The van der Waals surface area contributed by atoms with Crippen molar-refractivity contribution in [3.8, 4) is 0 Å². The standard InChI is InChI=1S/C14H18O4/c1-11(2)5-4-6-14(17)18-10-9-12(3)7-8-13(15)16/h4,10H,6-8H2,1-3H3,(H,15,16). The van der Waals surface area contributed by atoms with E-state index in [9.17, 15) is 9.59 Å². The van der Waals surface area contributed by atoms with Crippen LogP contribution in [0.5, 0.6) is 0 Å². The highest BCUT2D eigenvalue weighted by molar-refractivity contribution is 5.71. The van der Waals surface area contributed by atoms with Crippen LogP contribution in [-0.4, -0.2) is 17.0 Å². The van der Waals surface area contributed by atoms with Gasteiger partial charge in [0.1, 0.15) is 6.26 Å². The van der Waals surface area contributed by atoms with Gasteiger partial charge in [0.15, 0.2) is 0 Å². The Labute approximate surface area is 107 Å². The van der Waals surface area contributed by atoms with E-state index in [0.717, 1.165) is 17.4 Å². The van der Waals surface area contributed by atoms with Crippen LogP contribution in [0.2, 0.25) is 0 Å². The largest absolute Gasteiger partial charge is 0.481 e. The lowest BCUT2D eigenvalue weighted by atomic mass is 10.2. The Bertz CT molecular complexity index is 427. The summed E-state index contributed by atoms with van der Waals surface area (Å²) in [5, 5.41) is 8.47. The zero-order valence-corrected chi connectivity index (χ0v) is 10.9. The molecule has 0 saturated carbocycles. The van der Waals surface area contributed by atoms with Crippen LogP contribution in [-0.2, 0) is 14.3 Å². The van der Waals surface area contributed by atoms with Crippen LogP contribution in [0.3, 0.4) is 0 Å². The Morgan fingerprint density at radius 1 is 1.17 bits per heavy atom. The van der Waals surface area contributed by atoms with Crippen molar-refractivity contribution >= 4 is 11.9 Å². The monoisotopic (exact) mass is 250 g/mol. The van der Waals surface area contributed by atoms with E-state index in [0.29, 0.717) is 6.42 Å². The number of rotatable bonds is 6. The number of esters is 1. The third kappa shape index (κ3) is 10.5. The lowest BCUT2D eigenvalue weighted by Gasteiger charge is -1.94. The van der Waals surface area contributed by atoms with Crippen LogP contribution in [0.15, 0.2) is 34.9 Å². The molecule has 0 rings (SSSR count). The minimum atomic E-state index is -0.861. The van der Waals surface area contributed by atoms with Crippen molar-refractivity contribution in [3.05, 3.63) is 34.9 Å². The number of hydrogen-bond donors (Lipinski definition) is 1. The molecule has 98 valence electrons. The molecule has 0 bridgehead atoms. The van der Waals surface area contributed by atoms with Gasteiger partial charge in [-0.2, -0.15) is 0 Å². The zero-order valence-electron chi connectivity index (χ0n) is 10.9. The maximum Gasteiger partial charge on any atom is 0.315 e. The van der Waals surface area contributed by atoms with E-state index in [-0.39, 0.29) is 12.8 Å². The van der Waals surface area contributed by atoms with Gasteiger partial charge < -0.3 is 9.84 Å². The smallest absolute Gasteiger partial charge is 0.315 e. The second-order valence-electron chi connectivity index (χ2n) is 3.98. The second kappa shape index (κ2) is 9.06. The zero-order chi connectivity index (χ0) is 14.0. The summed E-state index contributed by atoms with van der Waals surface area (Å²) in [5.74, 6) is -1.26. The molecule has 4 heteroatoms. The lowest BCUT2D eigenvalue weighted by molar-refractivity contribution is -0.138. The van der Waals surface area contributed by atoms with E-state index in [1.165, 1.54) is 0 Å². The van der Waals surface area contributed by atoms with Crippen LogP contribution in [0.1, 0.15) is 40.0 Å². The molecular weight excluding hydrogens is 232 g/mol. The van der Waals surface area contributed by atoms with Crippen LogP contribution in [0.4, 0.5) is 0 Å². The van der Waals surface area contributed by atoms with E-state index in [4.69, 9.17) is 9.84 Å². The Morgan fingerprint density at radius 3 is 2.39 bits per heavy atom. The molecule has 18 heavy (non-hydrogen) atoms. The Morgan fingerprint density at radius 2 is 1.83 bits per heavy atom. The first kappa shape index (κ1) is 16.0. The second-order valence-corrected chi connectivity index (χ2v) is 3.98. The van der Waals surface area contributed by atoms with Crippen LogP contribution in [0.25, 0.3) is 0 Å². The first-order valence-corrected chi connectivity index (χ1v) is 5.62. The first-order valence-electron chi connectivity index (χ1n) is 5.62. The van der Waals surface area contributed by atoms with Crippen molar-refractivity contribution in [2.24, 2.45) is 0 Å².